The topological polar surface area (TPSA) is 82.3 Å². The Kier molecular flexibility index (Phi) is 8.19. The van der Waals surface area contributed by atoms with Gasteiger partial charge in [0.15, 0.2) is 0 Å². The minimum atomic E-state index is -0.316. The minimum absolute atomic E-state index is 0.316. The first kappa shape index (κ1) is 29.0. The molecule has 0 saturated carbocycles. The van der Waals surface area contributed by atoms with Gasteiger partial charge in [-0.05, 0) is 99.2 Å². The summed E-state index contributed by atoms with van der Waals surface area (Å²) < 4.78 is 26.7. The predicted octanol–water partition coefficient (Wildman–Crippen LogP) is 6.99. The van der Waals surface area contributed by atoms with Crippen LogP contribution >= 0.6 is 0 Å². The Morgan fingerprint density at radius 1 is 0.822 bits per heavy atom. The molecular weight excluding hydrogens is 567 g/mol. The van der Waals surface area contributed by atoms with E-state index in [9.17, 15) is 4.39 Å². The molecule has 7 rings (SSSR count). The van der Waals surface area contributed by atoms with Gasteiger partial charge in [-0.2, -0.15) is 5.10 Å². The van der Waals surface area contributed by atoms with Crippen LogP contribution in [0.2, 0.25) is 0 Å². The van der Waals surface area contributed by atoms with Gasteiger partial charge in [-0.25, -0.2) is 4.39 Å². The summed E-state index contributed by atoms with van der Waals surface area (Å²) in [5, 5.41) is 9.83. The van der Waals surface area contributed by atoms with Crippen molar-refractivity contribution in [2.45, 2.75) is 12.8 Å². The fourth-order valence-corrected chi connectivity index (χ4v) is 6.04. The van der Waals surface area contributed by atoms with Gasteiger partial charge in [-0.3, -0.25) is 15.0 Å². The van der Waals surface area contributed by atoms with Crippen molar-refractivity contribution in [2.75, 3.05) is 53.5 Å². The molecule has 0 atom stereocenters. The standard InChI is InChI=1S/C36H37FN6O2/c1-42(2)12-14-45-29-18-26(22-38-23-29)24-8-9-34-32(19-24)36(41-40-34)35-21-31-30(6-5-7-33(31)39-35)25-16-27(37)20-28(17-25)44-15-13-43-10-3-4-11-43/h5-9,16-23,39H,3-4,10-15H2,1-2H3,(H,40,41). The van der Waals surface area contributed by atoms with Crippen LogP contribution in [0.1, 0.15) is 12.8 Å². The molecule has 1 fully saturated rings. The zero-order valence-electron chi connectivity index (χ0n) is 25.6. The average Bonchev–Trinajstić information content (AvgIpc) is 3.80. The van der Waals surface area contributed by atoms with Gasteiger partial charge >= 0.3 is 0 Å². The van der Waals surface area contributed by atoms with Gasteiger partial charge in [-0.15, -0.1) is 0 Å². The summed E-state index contributed by atoms with van der Waals surface area (Å²) in [5.74, 6) is 0.968. The van der Waals surface area contributed by atoms with Gasteiger partial charge in [0.1, 0.15) is 36.2 Å². The van der Waals surface area contributed by atoms with Crippen LogP contribution in [0.3, 0.4) is 0 Å². The molecule has 0 amide bonds. The number of likely N-dealkylation sites (tertiary alicyclic amines) is 1. The summed E-state index contributed by atoms with van der Waals surface area (Å²) in [7, 11) is 4.04. The van der Waals surface area contributed by atoms with E-state index in [1.807, 2.05) is 56.7 Å². The first-order valence-electron chi connectivity index (χ1n) is 15.5. The molecule has 0 radical (unpaired) electrons. The van der Waals surface area contributed by atoms with Gasteiger partial charge in [0.05, 0.1) is 17.4 Å². The lowest BCUT2D eigenvalue weighted by Gasteiger charge is -2.15. The van der Waals surface area contributed by atoms with Crippen LogP contribution in [-0.2, 0) is 0 Å². The monoisotopic (exact) mass is 604 g/mol. The highest BCUT2D eigenvalue weighted by molar-refractivity contribution is 6.02. The van der Waals surface area contributed by atoms with E-state index in [1.54, 1.807) is 12.3 Å². The van der Waals surface area contributed by atoms with Gasteiger partial charge in [0.2, 0.25) is 0 Å². The van der Waals surface area contributed by atoms with E-state index >= 15 is 0 Å². The van der Waals surface area contributed by atoms with E-state index in [2.05, 4.69) is 48.2 Å². The maximum atomic E-state index is 14.8. The highest BCUT2D eigenvalue weighted by Gasteiger charge is 2.16. The second kappa shape index (κ2) is 12.7. The number of likely N-dealkylation sites (N-methyl/N-ethyl adjacent to an activating group) is 1. The van der Waals surface area contributed by atoms with Crippen LogP contribution in [0.5, 0.6) is 11.5 Å². The molecule has 4 heterocycles. The third kappa shape index (κ3) is 6.41. The number of nitrogens with zero attached hydrogens (tertiary/aromatic N) is 4. The third-order valence-electron chi connectivity index (χ3n) is 8.39. The molecular formula is C36H37FN6O2. The fraction of sp³-hybridized carbons (Fsp3) is 0.278. The lowest BCUT2D eigenvalue weighted by molar-refractivity contribution is 0.237. The van der Waals surface area contributed by atoms with E-state index in [-0.39, 0.29) is 5.82 Å². The lowest BCUT2D eigenvalue weighted by atomic mass is 10.0. The first-order chi connectivity index (χ1) is 22.0. The Morgan fingerprint density at radius 3 is 2.53 bits per heavy atom. The molecule has 3 aromatic heterocycles. The Labute approximate surface area is 261 Å². The predicted molar refractivity (Wildman–Crippen MR) is 177 cm³/mol. The van der Waals surface area contributed by atoms with E-state index in [0.29, 0.717) is 19.0 Å². The van der Waals surface area contributed by atoms with E-state index < -0.39 is 0 Å². The number of H-pyrrole nitrogens is 2. The molecule has 8 nitrogen and oxygen atoms in total. The maximum absolute atomic E-state index is 14.8. The molecule has 1 saturated heterocycles. The third-order valence-corrected chi connectivity index (χ3v) is 8.39. The summed E-state index contributed by atoms with van der Waals surface area (Å²) in [6, 6.07) is 21.3. The number of aromatic amines is 2. The van der Waals surface area contributed by atoms with Crippen LogP contribution in [-0.4, -0.2) is 83.5 Å². The van der Waals surface area contributed by atoms with Crippen LogP contribution in [0.4, 0.5) is 4.39 Å². The van der Waals surface area contributed by atoms with Gasteiger partial charge in [-0.1, -0.05) is 18.2 Å². The van der Waals surface area contributed by atoms with Gasteiger partial charge in [0, 0.05) is 47.2 Å². The number of pyridine rings is 1. The highest BCUT2D eigenvalue weighted by atomic mass is 19.1. The summed E-state index contributed by atoms with van der Waals surface area (Å²) in [4.78, 5) is 12.4. The number of rotatable bonds is 11. The van der Waals surface area contributed by atoms with Crippen LogP contribution in [0.25, 0.3) is 55.4 Å². The van der Waals surface area contributed by atoms with Crippen molar-refractivity contribution in [3.8, 4) is 45.1 Å². The Hall–Kier alpha value is -4.73. The van der Waals surface area contributed by atoms with E-state index in [0.717, 1.165) is 87.4 Å². The van der Waals surface area contributed by atoms with Crippen molar-refractivity contribution in [3.05, 3.63) is 84.9 Å². The normalized spacial score (nSPS) is 13.8. The van der Waals surface area contributed by atoms with Crippen molar-refractivity contribution in [2.24, 2.45) is 0 Å². The second-order valence-corrected chi connectivity index (χ2v) is 11.9. The molecule has 45 heavy (non-hydrogen) atoms. The second-order valence-electron chi connectivity index (χ2n) is 11.9. The summed E-state index contributed by atoms with van der Waals surface area (Å²) in [6.07, 6.45) is 6.06. The minimum Gasteiger partial charge on any atom is -0.492 e. The lowest BCUT2D eigenvalue weighted by Crippen LogP contribution is -2.25. The number of nitrogens with one attached hydrogen (secondary N) is 2. The maximum Gasteiger partial charge on any atom is 0.138 e. The number of aromatic nitrogens is 4. The van der Waals surface area contributed by atoms with Crippen molar-refractivity contribution >= 4 is 21.8 Å². The molecule has 3 aromatic carbocycles. The molecule has 9 heteroatoms. The zero-order chi connectivity index (χ0) is 30.8. The SMILES string of the molecule is CN(C)CCOc1cncc(-c2ccc3[nH]nc(-c4cc5c(-c6cc(F)cc(OCCN7CCCC7)c6)cccc5[nH]4)c3c2)c1. The molecule has 1 aliphatic heterocycles. The smallest absolute Gasteiger partial charge is 0.138 e. The van der Waals surface area contributed by atoms with Gasteiger partial charge in [0.25, 0.3) is 0 Å². The number of fused-ring (bicyclic) bond motifs is 2. The number of ether oxygens (including phenoxy) is 2. The van der Waals surface area contributed by atoms with Crippen LogP contribution < -0.4 is 9.47 Å². The number of halogens is 1. The zero-order valence-corrected chi connectivity index (χ0v) is 25.6. The molecule has 2 N–H and O–H groups in total. The molecule has 6 aromatic rings. The van der Waals surface area contributed by atoms with Crippen molar-refractivity contribution in [1.82, 2.24) is 30.0 Å². The Morgan fingerprint density at radius 2 is 1.67 bits per heavy atom. The van der Waals surface area contributed by atoms with Crippen molar-refractivity contribution in [3.63, 3.8) is 0 Å². The number of hydrogen-bond acceptors (Lipinski definition) is 6. The average molecular weight is 605 g/mol. The van der Waals surface area contributed by atoms with Crippen LogP contribution in [0, 0.1) is 5.82 Å². The largest absolute Gasteiger partial charge is 0.492 e. The van der Waals surface area contributed by atoms with Gasteiger partial charge < -0.3 is 19.4 Å². The summed E-state index contributed by atoms with van der Waals surface area (Å²) in [6.45, 7) is 5.04. The summed E-state index contributed by atoms with van der Waals surface area (Å²) in [5.41, 5.74) is 7.25. The molecule has 1 aliphatic rings. The Bertz CT molecular complexity index is 1940. The first-order valence-corrected chi connectivity index (χ1v) is 15.5. The molecule has 230 valence electrons. The molecule has 0 bridgehead atoms. The van der Waals surface area contributed by atoms with E-state index in [1.165, 1.54) is 18.9 Å². The van der Waals surface area contributed by atoms with Crippen molar-refractivity contribution < 1.29 is 13.9 Å². The number of benzene rings is 3. The Balaban J connectivity index is 1.18. The van der Waals surface area contributed by atoms with Crippen molar-refractivity contribution in [1.29, 1.82) is 0 Å². The van der Waals surface area contributed by atoms with E-state index in [4.69, 9.17) is 9.47 Å². The summed E-state index contributed by atoms with van der Waals surface area (Å²) >= 11 is 0. The fourth-order valence-electron chi connectivity index (χ4n) is 6.04. The molecule has 0 unspecified atom stereocenters. The molecule has 0 spiro atoms. The molecule has 0 aliphatic carbocycles. The number of hydrogen-bond donors (Lipinski definition) is 2. The van der Waals surface area contributed by atoms with Crippen LogP contribution in [0.15, 0.2) is 79.1 Å². The highest BCUT2D eigenvalue weighted by Crippen LogP contribution is 2.36. The quantitative estimate of drug-likeness (QED) is 0.166.